The molecule has 70 valence electrons. The summed E-state index contributed by atoms with van der Waals surface area (Å²) in [4.78, 5) is 15.3. The zero-order valence-electron chi connectivity index (χ0n) is 7.29. The van der Waals surface area contributed by atoms with Crippen molar-refractivity contribution in [1.82, 2.24) is 4.98 Å². The fourth-order valence-electron chi connectivity index (χ4n) is 0.930. The van der Waals surface area contributed by atoms with Gasteiger partial charge in [-0.1, -0.05) is 22.0 Å². The van der Waals surface area contributed by atoms with Crippen molar-refractivity contribution in [1.29, 1.82) is 0 Å². The van der Waals surface area contributed by atoms with E-state index in [-0.39, 0.29) is 5.97 Å². The monoisotopic (exact) mass is 243 g/mol. The predicted molar refractivity (Wildman–Crippen MR) is 52.8 cm³/mol. The molecule has 0 aliphatic rings. The zero-order valence-corrected chi connectivity index (χ0v) is 8.87. The van der Waals surface area contributed by atoms with Crippen LogP contribution in [0.25, 0.3) is 0 Å². The van der Waals surface area contributed by atoms with E-state index in [9.17, 15) is 4.79 Å². The van der Waals surface area contributed by atoms with Crippen molar-refractivity contribution in [2.24, 2.45) is 0 Å². The van der Waals surface area contributed by atoms with E-state index in [1.54, 1.807) is 19.2 Å². The molecule has 0 radical (unpaired) electrons. The van der Waals surface area contributed by atoms with E-state index >= 15 is 0 Å². The number of aromatic nitrogens is 1. The molecule has 1 aromatic heterocycles. The number of nitrogens with zero attached hydrogens (tertiary/aromatic N) is 1. The van der Waals surface area contributed by atoms with Crippen LogP contribution >= 0.6 is 15.9 Å². The highest BCUT2D eigenvalue weighted by atomic mass is 79.9. The van der Waals surface area contributed by atoms with E-state index in [0.717, 1.165) is 5.56 Å². The molecule has 3 nitrogen and oxygen atoms in total. The molecule has 0 spiro atoms. The summed E-state index contributed by atoms with van der Waals surface area (Å²) >= 11 is 3.28. The van der Waals surface area contributed by atoms with Crippen LogP contribution in [0.15, 0.2) is 18.3 Å². The summed E-state index contributed by atoms with van der Waals surface area (Å²) in [6.45, 7) is 2.14. The van der Waals surface area contributed by atoms with E-state index in [4.69, 9.17) is 4.74 Å². The minimum absolute atomic E-state index is 0.363. The molecule has 0 saturated heterocycles. The third-order valence-electron chi connectivity index (χ3n) is 1.50. The lowest BCUT2D eigenvalue weighted by atomic mass is 10.2. The number of pyridine rings is 1. The molecule has 0 aromatic carbocycles. The Hall–Kier alpha value is -0.900. The predicted octanol–water partition coefficient (Wildman–Crippen LogP) is 2.15. The molecule has 0 saturated carbocycles. The van der Waals surface area contributed by atoms with Crippen molar-refractivity contribution < 1.29 is 9.53 Å². The van der Waals surface area contributed by atoms with Crippen molar-refractivity contribution in [2.75, 3.05) is 6.61 Å². The van der Waals surface area contributed by atoms with Gasteiger partial charge in [-0.25, -0.2) is 9.78 Å². The van der Waals surface area contributed by atoms with Gasteiger partial charge >= 0.3 is 5.97 Å². The topological polar surface area (TPSA) is 39.2 Å². The Morgan fingerprint density at radius 3 is 3.08 bits per heavy atom. The van der Waals surface area contributed by atoms with Crippen LogP contribution in [0.1, 0.15) is 23.0 Å². The van der Waals surface area contributed by atoms with Gasteiger partial charge in [0.15, 0.2) is 5.69 Å². The number of hydrogen-bond acceptors (Lipinski definition) is 3. The molecule has 4 heteroatoms. The van der Waals surface area contributed by atoms with Crippen LogP contribution in [0, 0.1) is 0 Å². The van der Waals surface area contributed by atoms with E-state index in [1.807, 2.05) is 6.07 Å². The van der Waals surface area contributed by atoms with Crippen LogP contribution in [0.2, 0.25) is 0 Å². The van der Waals surface area contributed by atoms with Crippen molar-refractivity contribution in [3.05, 3.63) is 29.6 Å². The van der Waals surface area contributed by atoms with E-state index in [2.05, 4.69) is 20.9 Å². The average molecular weight is 244 g/mol. The van der Waals surface area contributed by atoms with Gasteiger partial charge in [0.25, 0.3) is 0 Å². The summed E-state index contributed by atoms with van der Waals surface area (Å²) in [5.74, 6) is -0.363. The van der Waals surface area contributed by atoms with Gasteiger partial charge in [0.05, 0.1) is 6.61 Å². The molecule has 0 fully saturated rings. The number of carbonyl (C=O) groups is 1. The number of ether oxygens (including phenoxy) is 1. The molecule has 0 bridgehead atoms. The first-order chi connectivity index (χ1) is 6.29. The van der Waals surface area contributed by atoms with Crippen molar-refractivity contribution in [2.45, 2.75) is 12.3 Å². The highest BCUT2D eigenvalue weighted by molar-refractivity contribution is 9.08. The molecule has 0 N–H and O–H groups in total. The zero-order chi connectivity index (χ0) is 9.68. The quantitative estimate of drug-likeness (QED) is 0.604. The Labute approximate surface area is 85.3 Å². The fourth-order valence-corrected chi connectivity index (χ4v) is 1.38. The van der Waals surface area contributed by atoms with Gasteiger partial charge < -0.3 is 4.74 Å². The Kier molecular flexibility index (Phi) is 3.89. The molecule has 0 amide bonds. The maximum Gasteiger partial charge on any atom is 0.357 e. The van der Waals surface area contributed by atoms with Crippen LogP contribution in [-0.2, 0) is 10.1 Å². The second-order valence-corrected chi connectivity index (χ2v) is 2.93. The molecule has 1 aromatic rings. The first kappa shape index (κ1) is 10.2. The third kappa shape index (κ3) is 2.52. The van der Waals surface area contributed by atoms with Gasteiger partial charge in [-0.05, 0) is 18.6 Å². The number of esters is 1. The molecule has 0 aliphatic heterocycles. The largest absolute Gasteiger partial charge is 0.461 e. The molecule has 13 heavy (non-hydrogen) atoms. The first-order valence-electron chi connectivity index (χ1n) is 3.96. The molecule has 1 rings (SSSR count). The van der Waals surface area contributed by atoms with Crippen LogP contribution in [-0.4, -0.2) is 17.6 Å². The third-order valence-corrected chi connectivity index (χ3v) is 2.11. The van der Waals surface area contributed by atoms with Gasteiger partial charge in [0.1, 0.15) is 0 Å². The minimum Gasteiger partial charge on any atom is -0.461 e. The molecular weight excluding hydrogens is 234 g/mol. The van der Waals surface area contributed by atoms with Gasteiger partial charge in [0, 0.05) is 11.5 Å². The van der Waals surface area contributed by atoms with Gasteiger partial charge in [-0.3, -0.25) is 0 Å². The second kappa shape index (κ2) is 4.97. The lowest BCUT2D eigenvalue weighted by molar-refractivity contribution is 0.0518. The summed E-state index contributed by atoms with van der Waals surface area (Å²) in [6, 6.07) is 3.63. The van der Waals surface area contributed by atoms with Gasteiger partial charge in [-0.2, -0.15) is 0 Å². The maximum atomic E-state index is 11.3. The van der Waals surface area contributed by atoms with Crippen LogP contribution in [0.3, 0.4) is 0 Å². The highest BCUT2D eigenvalue weighted by Gasteiger charge is 2.11. The maximum absolute atomic E-state index is 11.3. The molecule has 0 atom stereocenters. The van der Waals surface area contributed by atoms with E-state index in [0.29, 0.717) is 17.6 Å². The Bertz CT molecular complexity index is 301. The number of carbonyl (C=O) groups excluding carboxylic acids is 1. The Balaban J connectivity index is 2.92. The first-order valence-corrected chi connectivity index (χ1v) is 5.08. The standard InChI is InChI=1S/C9H10BrNO2/c1-2-13-9(12)8-7(6-10)4-3-5-11-8/h3-5H,2,6H2,1H3. The van der Waals surface area contributed by atoms with Gasteiger partial charge in [-0.15, -0.1) is 0 Å². The van der Waals surface area contributed by atoms with Crippen molar-refractivity contribution in [3.63, 3.8) is 0 Å². The molecule has 1 heterocycles. The summed E-state index contributed by atoms with van der Waals surface area (Å²) in [5.41, 5.74) is 1.24. The van der Waals surface area contributed by atoms with E-state index < -0.39 is 0 Å². The Morgan fingerprint density at radius 2 is 2.46 bits per heavy atom. The molecule has 0 unspecified atom stereocenters. The molecule has 0 aliphatic carbocycles. The lowest BCUT2D eigenvalue weighted by Crippen LogP contribution is -2.09. The van der Waals surface area contributed by atoms with Crippen molar-refractivity contribution >= 4 is 21.9 Å². The smallest absolute Gasteiger partial charge is 0.357 e. The van der Waals surface area contributed by atoms with Gasteiger partial charge in [0.2, 0.25) is 0 Å². The Morgan fingerprint density at radius 1 is 1.69 bits per heavy atom. The molecular formula is C9H10BrNO2. The second-order valence-electron chi connectivity index (χ2n) is 2.37. The summed E-state index contributed by atoms with van der Waals surface area (Å²) in [6.07, 6.45) is 1.58. The number of hydrogen-bond donors (Lipinski definition) is 0. The fraction of sp³-hybridized carbons (Fsp3) is 0.333. The lowest BCUT2D eigenvalue weighted by Gasteiger charge is -2.04. The SMILES string of the molecule is CCOC(=O)c1ncccc1CBr. The summed E-state index contributed by atoms with van der Waals surface area (Å²) in [7, 11) is 0. The number of halogens is 1. The average Bonchev–Trinajstić information content (AvgIpc) is 2.18. The van der Waals surface area contributed by atoms with Crippen molar-refractivity contribution in [3.8, 4) is 0 Å². The normalized spacial score (nSPS) is 9.69. The number of alkyl halides is 1. The van der Waals surface area contributed by atoms with E-state index in [1.165, 1.54) is 0 Å². The summed E-state index contributed by atoms with van der Waals surface area (Å²) in [5, 5.41) is 0.606. The minimum atomic E-state index is -0.363. The van der Waals surface area contributed by atoms with Crippen LogP contribution in [0.4, 0.5) is 0 Å². The van der Waals surface area contributed by atoms with Crippen LogP contribution in [0.5, 0.6) is 0 Å². The summed E-state index contributed by atoms with van der Waals surface area (Å²) < 4.78 is 4.85. The van der Waals surface area contributed by atoms with Crippen LogP contribution < -0.4 is 0 Å². The number of rotatable bonds is 3. The highest BCUT2D eigenvalue weighted by Crippen LogP contribution is 2.10.